The van der Waals surface area contributed by atoms with Crippen LogP contribution in [0.5, 0.6) is 0 Å². The van der Waals surface area contributed by atoms with Crippen LogP contribution in [0, 0.1) is 13.8 Å². The molecule has 5 nitrogen and oxygen atoms in total. The largest absolute Gasteiger partial charge is 0.336 e. The van der Waals surface area contributed by atoms with E-state index in [0.29, 0.717) is 43.3 Å². The molecule has 31 heavy (non-hydrogen) atoms. The van der Waals surface area contributed by atoms with Gasteiger partial charge in [-0.25, -0.2) is 0 Å². The second-order valence-electron chi connectivity index (χ2n) is 7.96. The topological polar surface area (TPSA) is 45.6 Å². The quantitative estimate of drug-likeness (QED) is 0.558. The van der Waals surface area contributed by atoms with Gasteiger partial charge in [-0.2, -0.15) is 0 Å². The van der Waals surface area contributed by atoms with Crippen LogP contribution in [0.2, 0.25) is 5.02 Å². The van der Waals surface area contributed by atoms with Gasteiger partial charge in [0.25, 0.3) is 5.91 Å². The molecule has 1 aromatic heterocycles. The highest BCUT2D eigenvalue weighted by Gasteiger charge is 2.25. The molecular weight excluding hydrogens is 410 g/mol. The number of carbonyl (C=O) groups is 2. The lowest BCUT2D eigenvalue weighted by Gasteiger charge is -2.34. The van der Waals surface area contributed by atoms with Gasteiger partial charge in [-0.3, -0.25) is 14.5 Å². The highest BCUT2D eigenvalue weighted by molar-refractivity contribution is 6.30. The summed E-state index contributed by atoms with van der Waals surface area (Å²) in [5, 5.41) is 0.559. The molecule has 0 aliphatic carbocycles. The van der Waals surface area contributed by atoms with Gasteiger partial charge in [0, 0.05) is 59.4 Å². The van der Waals surface area contributed by atoms with Crippen molar-refractivity contribution < 1.29 is 9.59 Å². The highest BCUT2D eigenvalue weighted by atomic mass is 35.5. The van der Waals surface area contributed by atoms with Gasteiger partial charge < -0.3 is 9.47 Å². The number of Topliss-reactive ketones (excluding diaryl/α,β-unsaturated/α-hetero) is 1. The second kappa shape index (κ2) is 9.08. The first-order valence-electron chi connectivity index (χ1n) is 10.5. The maximum Gasteiger partial charge on any atom is 0.253 e. The molecule has 160 valence electrons. The average molecular weight is 436 g/mol. The molecule has 6 heteroatoms. The standard InChI is InChI=1S/C25H26ClN3O2/c1-18-15-23(19(2)29(18)22-9-4-3-5-10-22)24(30)17-27-11-13-28(14-12-27)25(31)20-7-6-8-21(26)16-20/h3-10,15-16H,11-14,17H2,1-2H3. The van der Waals surface area contributed by atoms with Gasteiger partial charge in [0.15, 0.2) is 5.78 Å². The second-order valence-corrected chi connectivity index (χ2v) is 8.39. The number of aryl methyl sites for hydroxylation is 1. The number of nitrogens with zero attached hydrogens (tertiary/aromatic N) is 3. The lowest BCUT2D eigenvalue weighted by atomic mass is 10.1. The third kappa shape index (κ3) is 4.58. The predicted octanol–water partition coefficient (Wildman–Crippen LogP) is 4.39. The van der Waals surface area contributed by atoms with Crippen LogP contribution in [0.3, 0.4) is 0 Å². The maximum absolute atomic E-state index is 13.1. The molecular formula is C25H26ClN3O2. The number of piperazine rings is 1. The zero-order valence-electron chi connectivity index (χ0n) is 17.8. The number of hydrogen-bond donors (Lipinski definition) is 0. The van der Waals surface area contributed by atoms with Crippen molar-refractivity contribution in [3.05, 3.63) is 88.2 Å². The van der Waals surface area contributed by atoms with E-state index < -0.39 is 0 Å². The lowest BCUT2D eigenvalue weighted by molar-refractivity contribution is 0.0624. The summed E-state index contributed by atoms with van der Waals surface area (Å²) in [7, 11) is 0. The lowest BCUT2D eigenvalue weighted by Crippen LogP contribution is -2.49. The van der Waals surface area contributed by atoms with Crippen molar-refractivity contribution in [1.29, 1.82) is 0 Å². The monoisotopic (exact) mass is 435 g/mol. The Morgan fingerprint density at radius 3 is 2.29 bits per heavy atom. The number of halogens is 1. The number of rotatable bonds is 5. The van der Waals surface area contributed by atoms with Crippen LogP contribution < -0.4 is 0 Å². The molecule has 0 saturated carbocycles. The van der Waals surface area contributed by atoms with Crippen molar-refractivity contribution in [3.8, 4) is 5.69 Å². The third-order valence-electron chi connectivity index (χ3n) is 5.84. The zero-order chi connectivity index (χ0) is 22.0. The van der Waals surface area contributed by atoms with Gasteiger partial charge in [0.05, 0.1) is 6.54 Å². The van der Waals surface area contributed by atoms with Crippen molar-refractivity contribution in [3.63, 3.8) is 0 Å². The molecule has 0 radical (unpaired) electrons. The summed E-state index contributed by atoms with van der Waals surface area (Å²) < 4.78 is 2.12. The predicted molar refractivity (Wildman–Crippen MR) is 123 cm³/mol. The van der Waals surface area contributed by atoms with E-state index in [2.05, 4.69) is 9.47 Å². The number of aromatic nitrogens is 1. The Balaban J connectivity index is 1.39. The first-order valence-corrected chi connectivity index (χ1v) is 10.9. The van der Waals surface area contributed by atoms with Gasteiger partial charge in [-0.05, 0) is 50.2 Å². The first-order chi connectivity index (χ1) is 14.9. The van der Waals surface area contributed by atoms with E-state index in [0.717, 1.165) is 22.6 Å². The number of carbonyl (C=O) groups excluding carboxylic acids is 2. The van der Waals surface area contributed by atoms with Crippen molar-refractivity contribution in [2.24, 2.45) is 0 Å². The molecule has 1 saturated heterocycles. The van der Waals surface area contributed by atoms with Crippen LogP contribution in [-0.2, 0) is 0 Å². The molecule has 1 amide bonds. The average Bonchev–Trinajstić information content (AvgIpc) is 3.08. The SMILES string of the molecule is Cc1cc(C(=O)CN2CCN(C(=O)c3cccc(Cl)c3)CC2)c(C)n1-c1ccccc1. The van der Waals surface area contributed by atoms with Gasteiger partial charge in [-0.1, -0.05) is 35.9 Å². The van der Waals surface area contributed by atoms with E-state index in [-0.39, 0.29) is 11.7 Å². The van der Waals surface area contributed by atoms with Crippen LogP contribution >= 0.6 is 11.6 Å². The number of hydrogen-bond acceptors (Lipinski definition) is 3. The van der Waals surface area contributed by atoms with Crippen LogP contribution in [0.1, 0.15) is 32.1 Å². The zero-order valence-corrected chi connectivity index (χ0v) is 18.6. The van der Waals surface area contributed by atoms with Gasteiger partial charge >= 0.3 is 0 Å². The molecule has 2 aromatic carbocycles. The number of benzene rings is 2. The molecule has 1 aliphatic rings. The Kier molecular flexibility index (Phi) is 6.25. The van der Waals surface area contributed by atoms with Crippen molar-refractivity contribution in [2.75, 3.05) is 32.7 Å². The van der Waals surface area contributed by atoms with Gasteiger partial charge in [-0.15, -0.1) is 0 Å². The fraction of sp³-hybridized carbons (Fsp3) is 0.280. The Morgan fingerprint density at radius 1 is 0.903 bits per heavy atom. The molecule has 3 aromatic rings. The smallest absolute Gasteiger partial charge is 0.253 e. The van der Waals surface area contributed by atoms with Crippen LogP contribution in [0.15, 0.2) is 60.7 Å². The first kappa shape index (κ1) is 21.3. The molecule has 0 spiro atoms. The summed E-state index contributed by atoms with van der Waals surface area (Å²) in [6.07, 6.45) is 0. The van der Waals surface area contributed by atoms with Crippen LogP contribution in [-0.4, -0.2) is 58.8 Å². The molecule has 0 bridgehead atoms. The van der Waals surface area contributed by atoms with Crippen molar-refractivity contribution in [1.82, 2.24) is 14.4 Å². The molecule has 0 N–H and O–H groups in total. The fourth-order valence-electron chi connectivity index (χ4n) is 4.22. The van der Waals surface area contributed by atoms with E-state index in [4.69, 9.17) is 11.6 Å². The maximum atomic E-state index is 13.1. The van der Waals surface area contributed by atoms with E-state index in [1.54, 1.807) is 24.3 Å². The van der Waals surface area contributed by atoms with Crippen LogP contribution in [0.25, 0.3) is 5.69 Å². The number of ketones is 1. The Morgan fingerprint density at radius 2 is 1.61 bits per heavy atom. The Hall–Kier alpha value is -2.89. The highest BCUT2D eigenvalue weighted by Crippen LogP contribution is 2.22. The van der Waals surface area contributed by atoms with Crippen molar-refractivity contribution >= 4 is 23.3 Å². The minimum atomic E-state index is -0.0140. The number of amides is 1. The molecule has 1 aliphatic heterocycles. The Bertz CT molecular complexity index is 1100. The summed E-state index contributed by atoms with van der Waals surface area (Å²) in [5.41, 5.74) is 4.43. The van der Waals surface area contributed by atoms with Gasteiger partial charge in [0.2, 0.25) is 0 Å². The van der Waals surface area contributed by atoms with E-state index in [1.807, 2.05) is 55.1 Å². The van der Waals surface area contributed by atoms with E-state index >= 15 is 0 Å². The summed E-state index contributed by atoms with van der Waals surface area (Å²) in [4.78, 5) is 29.7. The summed E-state index contributed by atoms with van der Waals surface area (Å²) in [6.45, 7) is 6.93. The Labute approximate surface area is 187 Å². The summed E-state index contributed by atoms with van der Waals surface area (Å²) >= 11 is 6.01. The van der Waals surface area contributed by atoms with E-state index in [1.165, 1.54) is 0 Å². The summed E-state index contributed by atoms with van der Waals surface area (Å²) in [5.74, 6) is 0.102. The molecule has 4 rings (SSSR count). The van der Waals surface area contributed by atoms with E-state index in [9.17, 15) is 9.59 Å². The minimum absolute atomic E-state index is 0.0140. The minimum Gasteiger partial charge on any atom is -0.336 e. The molecule has 0 atom stereocenters. The van der Waals surface area contributed by atoms with Crippen LogP contribution in [0.4, 0.5) is 0 Å². The molecule has 1 fully saturated rings. The van der Waals surface area contributed by atoms with Crippen molar-refractivity contribution in [2.45, 2.75) is 13.8 Å². The molecule has 0 unspecified atom stereocenters. The summed E-state index contributed by atoms with van der Waals surface area (Å²) in [6, 6.07) is 19.1. The molecule has 2 heterocycles. The number of para-hydroxylation sites is 1. The van der Waals surface area contributed by atoms with Gasteiger partial charge in [0.1, 0.15) is 0 Å². The normalized spacial score (nSPS) is 14.6. The third-order valence-corrected chi connectivity index (χ3v) is 6.08. The fourth-order valence-corrected chi connectivity index (χ4v) is 4.41.